The van der Waals surface area contributed by atoms with Gasteiger partial charge in [0.05, 0.1) is 5.01 Å². The maximum absolute atomic E-state index is 4.22. The van der Waals surface area contributed by atoms with Crippen molar-refractivity contribution in [3.05, 3.63) is 16.6 Å². The van der Waals surface area contributed by atoms with Crippen LogP contribution in [0.2, 0.25) is 0 Å². The molecule has 10 heavy (non-hydrogen) atoms. The molecule has 1 heterocycles. The van der Waals surface area contributed by atoms with Crippen molar-refractivity contribution in [1.29, 1.82) is 0 Å². The number of nitrogens with zero attached hydrogens (tertiary/aromatic N) is 1. The quantitative estimate of drug-likeness (QED) is 0.693. The summed E-state index contributed by atoms with van der Waals surface area (Å²) in [5.74, 6) is 1.53. The summed E-state index contributed by atoms with van der Waals surface area (Å²) in [6.07, 6.45) is 2.98. The number of rotatable bonds is 3. The molecule has 3 heteroatoms. The van der Waals surface area contributed by atoms with E-state index in [1.807, 2.05) is 11.6 Å². The van der Waals surface area contributed by atoms with Crippen molar-refractivity contribution in [1.82, 2.24) is 4.98 Å². The molecule has 1 aromatic heterocycles. The zero-order chi connectivity index (χ0) is 7.40. The third-order valence-corrected chi connectivity index (χ3v) is 2.70. The molecule has 0 spiro atoms. The number of hydrogen-bond acceptors (Lipinski definition) is 3. The number of aromatic nitrogens is 1. The zero-order valence-electron chi connectivity index (χ0n) is 5.95. The molecule has 0 fully saturated rings. The van der Waals surface area contributed by atoms with Gasteiger partial charge in [0.15, 0.2) is 0 Å². The molecule has 1 rings (SSSR count). The molecule has 0 amide bonds. The van der Waals surface area contributed by atoms with Crippen LogP contribution in [0.3, 0.4) is 0 Å². The van der Waals surface area contributed by atoms with Crippen molar-refractivity contribution in [2.45, 2.75) is 19.3 Å². The minimum Gasteiger partial charge on any atom is -0.249 e. The van der Waals surface area contributed by atoms with Crippen molar-refractivity contribution in [2.24, 2.45) is 0 Å². The number of hydrogen-bond donors (Lipinski definition) is 1. The monoisotopic (exact) mass is 173 g/mol. The van der Waals surface area contributed by atoms with Crippen LogP contribution in [0.25, 0.3) is 0 Å². The van der Waals surface area contributed by atoms with Gasteiger partial charge in [0.2, 0.25) is 0 Å². The highest BCUT2D eigenvalue weighted by Gasteiger charge is 2.05. The van der Waals surface area contributed by atoms with Gasteiger partial charge in [-0.3, -0.25) is 0 Å². The lowest BCUT2D eigenvalue weighted by Gasteiger charge is -2.03. The molecule has 1 aromatic rings. The van der Waals surface area contributed by atoms with Crippen LogP contribution in [0.1, 0.15) is 24.3 Å². The molecule has 0 bridgehead atoms. The van der Waals surface area contributed by atoms with E-state index in [1.165, 1.54) is 5.01 Å². The Morgan fingerprint density at radius 1 is 1.80 bits per heavy atom. The van der Waals surface area contributed by atoms with Gasteiger partial charge in [0.25, 0.3) is 0 Å². The molecular formula is C7H11NS2. The normalized spacial score (nSPS) is 13.4. The molecule has 0 aliphatic carbocycles. The van der Waals surface area contributed by atoms with Gasteiger partial charge < -0.3 is 0 Å². The predicted molar refractivity (Wildman–Crippen MR) is 49.0 cm³/mol. The SMILES string of the molecule is CC(CCS)c1nccs1. The summed E-state index contributed by atoms with van der Waals surface area (Å²) >= 11 is 5.89. The van der Waals surface area contributed by atoms with Crippen LogP contribution in [-0.2, 0) is 0 Å². The van der Waals surface area contributed by atoms with Gasteiger partial charge in [-0.05, 0) is 12.2 Å². The summed E-state index contributed by atoms with van der Waals surface area (Å²) in [7, 11) is 0. The molecule has 0 aromatic carbocycles. The van der Waals surface area contributed by atoms with Crippen LogP contribution in [0.4, 0.5) is 0 Å². The van der Waals surface area contributed by atoms with E-state index in [2.05, 4.69) is 24.5 Å². The van der Waals surface area contributed by atoms with Crippen molar-refractivity contribution in [2.75, 3.05) is 5.75 Å². The molecular weight excluding hydrogens is 162 g/mol. The summed E-state index contributed by atoms with van der Waals surface area (Å²) < 4.78 is 0. The van der Waals surface area contributed by atoms with Crippen LogP contribution in [0.15, 0.2) is 11.6 Å². The van der Waals surface area contributed by atoms with Crippen LogP contribution >= 0.6 is 24.0 Å². The highest BCUT2D eigenvalue weighted by Crippen LogP contribution is 2.20. The van der Waals surface area contributed by atoms with E-state index >= 15 is 0 Å². The van der Waals surface area contributed by atoms with Gasteiger partial charge in [-0.1, -0.05) is 6.92 Å². The largest absolute Gasteiger partial charge is 0.249 e. The summed E-state index contributed by atoms with van der Waals surface area (Å²) in [5, 5.41) is 3.25. The van der Waals surface area contributed by atoms with E-state index < -0.39 is 0 Å². The molecule has 1 atom stereocenters. The third-order valence-electron chi connectivity index (χ3n) is 1.44. The van der Waals surface area contributed by atoms with E-state index in [9.17, 15) is 0 Å². The van der Waals surface area contributed by atoms with Gasteiger partial charge in [-0.2, -0.15) is 12.6 Å². The molecule has 56 valence electrons. The fourth-order valence-electron chi connectivity index (χ4n) is 0.795. The molecule has 0 saturated carbocycles. The molecule has 0 aliphatic heterocycles. The van der Waals surface area contributed by atoms with Crippen LogP contribution in [0.5, 0.6) is 0 Å². The zero-order valence-corrected chi connectivity index (χ0v) is 7.66. The Morgan fingerprint density at radius 3 is 3.10 bits per heavy atom. The third kappa shape index (κ3) is 1.99. The molecule has 0 N–H and O–H groups in total. The topological polar surface area (TPSA) is 12.9 Å². The predicted octanol–water partition coefficient (Wildman–Crippen LogP) is 2.57. The smallest absolute Gasteiger partial charge is 0.0953 e. The van der Waals surface area contributed by atoms with E-state index in [4.69, 9.17) is 0 Å². The summed E-state index contributed by atoms with van der Waals surface area (Å²) in [5.41, 5.74) is 0. The molecule has 1 nitrogen and oxygen atoms in total. The fraction of sp³-hybridized carbons (Fsp3) is 0.571. The fourth-order valence-corrected chi connectivity index (χ4v) is 1.92. The van der Waals surface area contributed by atoms with Crippen LogP contribution in [-0.4, -0.2) is 10.7 Å². The summed E-state index contributed by atoms with van der Waals surface area (Å²) in [4.78, 5) is 4.22. The number of thiazole rings is 1. The minimum absolute atomic E-state index is 0.581. The molecule has 0 radical (unpaired) electrons. The van der Waals surface area contributed by atoms with Crippen molar-refractivity contribution in [3.8, 4) is 0 Å². The Hall–Kier alpha value is -0.0200. The van der Waals surface area contributed by atoms with Crippen LogP contribution < -0.4 is 0 Å². The average Bonchev–Trinajstić information content (AvgIpc) is 2.38. The second kappa shape index (κ2) is 3.98. The summed E-state index contributed by atoms with van der Waals surface area (Å²) in [6, 6.07) is 0. The van der Waals surface area contributed by atoms with E-state index in [1.54, 1.807) is 11.3 Å². The van der Waals surface area contributed by atoms with Crippen LogP contribution in [0, 0.1) is 0 Å². The standard InChI is InChI=1S/C7H11NS2/c1-6(2-4-9)7-8-3-5-10-7/h3,5-6,9H,2,4H2,1H3. The lowest BCUT2D eigenvalue weighted by Crippen LogP contribution is -1.92. The second-order valence-electron chi connectivity index (χ2n) is 2.28. The van der Waals surface area contributed by atoms with Crippen molar-refractivity contribution < 1.29 is 0 Å². The Labute approximate surface area is 70.9 Å². The van der Waals surface area contributed by atoms with Crippen molar-refractivity contribution >= 4 is 24.0 Å². The Balaban J connectivity index is 2.50. The van der Waals surface area contributed by atoms with Gasteiger partial charge in [0.1, 0.15) is 0 Å². The Kier molecular flexibility index (Phi) is 3.22. The highest BCUT2D eigenvalue weighted by molar-refractivity contribution is 7.80. The number of thiol groups is 1. The van der Waals surface area contributed by atoms with Gasteiger partial charge in [-0.25, -0.2) is 4.98 Å². The Bertz CT molecular complexity index is 172. The lowest BCUT2D eigenvalue weighted by atomic mass is 10.1. The van der Waals surface area contributed by atoms with E-state index in [0.717, 1.165) is 12.2 Å². The Morgan fingerprint density at radius 2 is 2.60 bits per heavy atom. The molecule has 0 saturated heterocycles. The minimum atomic E-state index is 0.581. The highest BCUT2D eigenvalue weighted by atomic mass is 32.1. The molecule has 1 unspecified atom stereocenters. The first-order chi connectivity index (χ1) is 4.84. The van der Waals surface area contributed by atoms with E-state index in [0.29, 0.717) is 5.92 Å². The van der Waals surface area contributed by atoms with E-state index in [-0.39, 0.29) is 0 Å². The first-order valence-electron chi connectivity index (χ1n) is 3.35. The lowest BCUT2D eigenvalue weighted by molar-refractivity contribution is 0.735. The summed E-state index contributed by atoms with van der Waals surface area (Å²) in [6.45, 7) is 2.19. The first kappa shape index (κ1) is 8.08. The maximum Gasteiger partial charge on any atom is 0.0953 e. The van der Waals surface area contributed by atoms with Gasteiger partial charge in [-0.15, -0.1) is 11.3 Å². The first-order valence-corrected chi connectivity index (χ1v) is 4.86. The van der Waals surface area contributed by atoms with Crippen molar-refractivity contribution in [3.63, 3.8) is 0 Å². The second-order valence-corrected chi connectivity index (χ2v) is 3.66. The van der Waals surface area contributed by atoms with Gasteiger partial charge in [0, 0.05) is 17.5 Å². The average molecular weight is 173 g/mol. The molecule has 0 aliphatic rings. The maximum atomic E-state index is 4.22. The van der Waals surface area contributed by atoms with Gasteiger partial charge >= 0.3 is 0 Å².